The summed E-state index contributed by atoms with van der Waals surface area (Å²) in [5, 5.41) is 8.00. The number of halogens is 2. The number of thioether (sulfide) groups is 2. The van der Waals surface area contributed by atoms with E-state index in [9.17, 15) is 8.78 Å². The first kappa shape index (κ1) is 21.3. The van der Waals surface area contributed by atoms with E-state index in [1.54, 1.807) is 11.8 Å². The molecule has 2 aromatic carbocycles. The summed E-state index contributed by atoms with van der Waals surface area (Å²) in [5.41, 5.74) is 7.08. The molecule has 2 aliphatic heterocycles. The van der Waals surface area contributed by atoms with Gasteiger partial charge in [-0.05, 0) is 49.6 Å². The van der Waals surface area contributed by atoms with Crippen LogP contribution in [-0.2, 0) is 4.87 Å². The first-order valence-electron chi connectivity index (χ1n) is 10.1. The molecule has 0 bridgehead atoms. The van der Waals surface area contributed by atoms with Crippen LogP contribution >= 0.6 is 23.5 Å². The maximum Gasteiger partial charge on any atom is 0.181 e. The van der Waals surface area contributed by atoms with Crippen molar-refractivity contribution in [3.8, 4) is 0 Å². The number of rotatable bonds is 6. The summed E-state index contributed by atoms with van der Waals surface area (Å²) in [6.45, 7) is 2.65. The van der Waals surface area contributed by atoms with Crippen LogP contribution in [0.2, 0.25) is 0 Å². The summed E-state index contributed by atoms with van der Waals surface area (Å²) < 4.78 is 28.5. The van der Waals surface area contributed by atoms with Crippen molar-refractivity contribution in [3.05, 3.63) is 71.3 Å². The minimum Gasteiger partial charge on any atom is -0.330 e. The molecule has 0 amide bonds. The van der Waals surface area contributed by atoms with Crippen LogP contribution in [0, 0.1) is 11.6 Å². The molecule has 0 radical (unpaired) electrons. The van der Waals surface area contributed by atoms with E-state index >= 15 is 0 Å². The molecule has 0 saturated heterocycles. The highest BCUT2D eigenvalue weighted by atomic mass is 32.2. The van der Waals surface area contributed by atoms with Gasteiger partial charge in [0.1, 0.15) is 21.5 Å². The second-order valence-electron chi connectivity index (χ2n) is 7.27. The molecule has 2 aromatic rings. The highest BCUT2D eigenvalue weighted by molar-refractivity contribution is 8.16. The lowest BCUT2D eigenvalue weighted by atomic mass is 10.0. The van der Waals surface area contributed by atoms with Crippen LogP contribution < -0.4 is 5.73 Å². The Morgan fingerprint density at radius 3 is 2.70 bits per heavy atom. The lowest BCUT2D eigenvalue weighted by Gasteiger charge is -2.36. The highest BCUT2D eigenvalue weighted by Crippen LogP contribution is 2.52. The molecule has 30 heavy (non-hydrogen) atoms. The van der Waals surface area contributed by atoms with E-state index in [0.717, 1.165) is 41.5 Å². The first-order chi connectivity index (χ1) is 14.6. The molecular weight excluding hydrogens is 422 g/mol. The van der Waals surface area contributed by atoms with E-state index in [2.05, 4.69) is 6.92 Å². The van der Waals surface area contributed by atoms with E-state index in [4.69, 9.17) is 15.8 Å². The van der Waals surface area contributed by atoms with E-state index in [0.29, 0.717) is 18.0 Å². The fraction of sp³-hybridized carbons (Fsp3) is 0.364. The van der Waals surface area contributed by atoms with Gasteiger partial charge >= 0.3 is 0 Å². The molecule has 2 atom stereocenters. The summed E-state index contributed by atoms with van der Waals surface area (Å²) >= 11 is 3.11. The van der Waals surface area contributed by atoms with Gasteiger partial charge in [-0.25, -0.2) is 13.8 Å². The quantitative estimate of drug-likeness (QED) is 0.667. The van der Waals surface area contributed by atoms with Gasteiger partial charge < -0.3 is 5.73 Å². The Kier molecular flexibility index (Phi) is 6.46. The Hall–Kier alpha value is -1.90. The summed E-state index contributed by atoms with van der Waals surface area (Å²) in [6, 6.07) is 13.8. The molecule has 0 saturated carbocycles. The molecule has 0 fully saturated rings. The minimum absolute atomic E-state index is 0.172. The third-order valence-electron chi connectivity index (χ3n) is 5.25. The molecular formula is C22H24F2N4S2. The van der Waals surface area contributed by atoms with Crippen molar-refractivity contribution < 1.29 is 8.78 Å². The van der Waals surface area contributed by atoms with Gasteiger partial charge in [0.15, 0.2) is 5.17 Å². The molecule has 2 aliphatic rings. The van der Waals surface area contributed by atoms with Crippen LogP contribution in [0.3, 0.4) is 0 Å². The molecule has 158 valence electrons. The molecule has 0 spiro atoms. The van der Waals surface area contributed by atoms with E-state index in [1.807, 2.05) is 35.3 Å². The molecule has 0 aromatic heterocycles. The zero-order valence-electron chi connectivity index (χ0n) is 16.7. The minimum atomic E-state index is -0.608. The van der Waals surface area contributed by atoms with Crippen LogP contribution in [0.5, 0.6) is 0 Å². The summed E-state index contributed by atoms with van der Waals surface area (Å²) in [5.74, 6) is -0.0784. The zero-order chi connectivity index (χ0) is 21.1. The third-order valence-corrected chi connectivity index (χ3v) is 7.79. The number of nitrogens with zero attached hydrogens (tertiary/aromatic N) is 3. The predicted molar refractivity (Wildman–Crippen MR) is 123 cm³/mol. The topological polar surface area (TPSA) is 54.0 Å². The zero-order valence-corrected chi connectivity index (χ0v) is 18.4. The van der Waals surface area contributed by atoms with E-state index < -0.39 is 16.5 Å². The third kappa shape index (κ3) is 4.00. The van der Waals surface area contributed by atoms with E-state index in [1.165, 1.54) is 17.8 Å². The Balaban J connectivity index is 1.84. The second kappa shape index (κ2) is 9.08. The fourth-order valence-electron chi connectivity index (χ4n) is 3.61. The number of hydrogen-bond acceptors (Lipinski definition) is 6. The van der Waals surface area contributed by atoms with Crippen molar-refractivity contribution >= 4 is 33.7 Å². The van der Waals surface area contributed by atoms with Gasteiger partial charge in [0.05, 0.1) is 6.04 Å². The smallest absolute Gasteiger partial charge is 0.181 e. The monoisotopic (exact) mass is 446 g/mol. The molecule has 0 aliphatic carbocycles. The average molecular weight is 447 g/mol. The Bertz CT molecular complexity index is 967. The molecule has 2 N–H and O–H groups in total. The van der Waals surface area contributed by atoms with Crippen molar-refractivity contribution in [2.24, 2.45) is 15.8 Å². The number of aliphatic imine (C=N–C) groups is 1. The molecule has 2 unspecified atom stereocenters. The number of hydrazone groups is 1. The number of benzene rings is 2. The number of nitrogens with two attached hydrogens (primary N) is 1. The van der Waals surface area contributed by atoms with Crippen LogP contribution in [0.1, 0.15) is 37.3 Å². The Labute approximate surface area is 184 Å². The average Bonchev–Trinajstić information content (AvgIpc) is 3.40. The molecule has 2 heterocycles. The van der Waals surface area contributed by atoms with Crippen molar-refractivity contribution in [2.45, 2.75) is 37.1 Å². The molecule has 8 heteroatoms. The summed E-state index contributed by atoms with van der Waals surface area (Å²) in [7, 11) is 0. The largest absolute Gasteiger partial charge is 0.330 e. The molecule has 4 nitrogen and oxygen atoms in total. The SMILES string of the molecule is CCC1CSC(N2N=C(c3cc(F)ccc3F)SC2(CCCN)c2ccccc2)=N1. The fourth-order valence-corrected chi connectivity index (χ4v) is 6.29. The van der Waals surface area contributed by atoms with Crippen LogP contribution in [0.4, 0.5) is 8.78 Å². The van der Waals surface area contributed by atoms with Crippen LogP contribution in [0.25, 0.3) is 0 Å². The number of amidine groups is 1. The van der Waals surface area contributed by atoms with Crippen LogP contribution in [0.15, 0.2) is 58.6 Å². The summed E-state index contributed by atoms with van der Waals surface area (Å²) in [6.07, 6.45) is 2.42. The van der Waals surface area contributed by atoms with Crippen molar-refractivity contribution in [1.29, 1.82) is 0 Å². The van der Waals surface area contributed by atoms with E-state index in [-0.39, 0.29) is 11.6 Å². The summed E-state index contributed by atoms with van der Waals surface area (Å²) in [4.78, 5) is 4.26. The van der Waals surface area contributed by atoms with Gasteiger partial charge in [-0.15, -0.1) is 0 Å². The lowest BCUT2D eigenvalue weighted by Crippen LogP contribution is -2.40. The van der Waals surface area contributed by atoms with Gasteiger partial charge in [-0.2, -0.15) is 5.10 Å². The Morgan fingerprint density at radius 2 is 2.00 bits per heavy atom. The lowest BCUT2D eigenvalue weighted by molar-refractivity contribution is 0.283. The second-order valence-corrected chi connectivity index (χ2v) is 9.52. The normalized spacial score (nSPS) is 23.6. The van der Waals surface area contributed by atoms with Crippen molar-refractivity contribution in [2.75, 3.05) is 12.3 Å². The Morgan fingerprint density at radius 1 is 1.20 bits per heavy atom. The van der Waals surface area contributed by atoms with Crippen molar-refractivity contribution in [3.63, 3.8) is 0 Å². The van der Waals surface area contributed by atoms with Crippen LogP contribution in [-0.4, -0.2) is 33.6 Å². The van der Waals surface area contributed by atoms with Gasteiger partial charge in [-0.3, -0.25) is 4.99 Å². The maximum absolute atomic E-state index is 14.6. The van der Waals surface area contributed by atoms with Crippen molar-refractivity contribution in [1.82, 2.24) is 5.01 Å². The van der Waals surface area contributed by atoms with Gasteiger partial charge in [0.2, 0.25) is 0 Å². The maximum atomic E-state index is 14.6. The number of hydrogen-bond donors (Lipinski definition) is 1. The predicted octanol–water partition coefficient (Wildman–Crippen LogP) is 5.15. The van der Waals surface area contributed by atoms with Gasteiger partial charge in [0.25, 0.3) is 0 Å². The standard InChI is InChI=1S/C22H24F2N4S2/c1-2-17-14-29-21(26-17)28-22(11-6-12-25,15-7-4-3-5-8-15)30-20(27-28)18-13-16(23)9-10-19(18)24/h3-5,7-10,13,17H,2,6,11-12,14,25H2,1H3. The first-order valence-corrected chi connectivity index (χ1v) is 11.9. The highest BCUT2D eigenvalue weighted by Gasteiger charge is 2.48. The van der Waals surface area contributed by atoms with Gasteiger partial charge in [0, 0.05) is 11.3 Å². The molecule has 4 rings (SSSR count). The van der Waals surface area contributed by atoms with Gasteiger partial charge in [-0.1, -0.05) is 60.8 Å².